The highest BCUT2D eigenvalue weighted by Crippen LogP contribution is 2.15. The van der Waals surface area contributed by atoms with Gasteiger partial charge in [-0.15, -0.1) is 0 Å². The van der Waals surface area contributed by atoms with Gasteiger partial charge in [-0.25, -0.2) is 0 Å². The van der Waals surface area contributed by atoms with Gasteiger partial charge >= 0.3 is 0 Å². The zero-order valence-corrected chi connectivity index (χ0v) is 31.8. The standard InChI is InChI=1S/C42H84N2O2/c1-4-7-10-12-14-16-18-20-22-24-26-28-30-32-35-38-41(45)43-40(37-34-9-6-3)44-42(46)39-36-33-31-29-27-25-23-21-19-17-15-13-11-8-5-2/h40H,4-39H2,1-3H3,(H,43,45)(H,44,46). The van der Waals surface area contributed by atoms with Crippen LogP contribution in [0.15, 0.2) is 0 Å². The van der Waals surface area contributed by atoms with E-state index in [1.165, 1.54) is 167 Å². The maximum Gasteiger partial charge on any atom is 0.221 e. The summed E-state index contributed by atoms with van der Waals surface area (Å²) in [5.74, 6) is 0.201. The lowest BCUT2D eigenvalue weighted by molar-refractivity contribution is -0.124. The zero-order chi connectivity index (χ0) is 33.6. The number of carbonyl (C=O) groups is 2. The van der Waals surface area contributed by atoms with Crippen molar-refractivity contribution in [2.24, 2.45) is 0 Å². The molecule has 0 aromatic carbocycles. The van der Waals surface area contributed by atoms with Crippen LogP contribution in [0.5, 0.6) is 0 Å². The Bertz CT molecular complexity index is 575. The quantitative estimate of drug-likeness (QED) is 0.0517. The molecule has 0 bridgehead atoms. The monoisotopic (exact) mass is 649 g/mol. The molecule has 0 aromatic heterocycles. The number of amides is 2. The van der Waals surface area contributed by atoms with E-state index >= 15 is 0 Å². The average molecular weight is 649 g/mol. The molecule has 4 heteroatoms. The van der Waals surface area contributed by atoms with Gasteiger partial charge in [0.05, 0.1) is 0 Å². The van der Waals surface area contributed by atoms with Crippen molar-refractivity contribution < 1.29 is 9.59 Å². The second kappa shape index (κ2) is 38.4. The van der Waals surface area contributed by atoms with E-state index in [1.807, 2.05) is 0 Å². The van der Waals surface area contributed by atoms with Gasteiger partial charge in [-0.1, -0.05) is 213 Å². The molecule has 0 rings (SSSR count). The van der Waals surface area contributed by atoms with Crippen molar-refractivity contribution in [1.29, 1.82) is 0 Å². The molecule has 0 unspecified atom stereocenters. The van der Waals surface area contributed by atoms with E-state index in [9.17, 15) is 9.59 Å². The van der Waals surface area contributed by atoms with Crippen LogP contribution in [0, 0.1) is 0 Å². The molecule has 0 spiro atoms. The van der Waals surface area contributed by atoms with Crippen molar-refractivity contribution in [1.82, 2.24) is 10.6 Å². The van der Waals surface area contributed by atoms with Crippen molar-refractivity contribution in [2.75, 3.05) is 0 Å². The van der Waals surface area contributed by atoms with Crippen LogP contribution in [-0.4, -0.2) is 18.0 Å². The van der Waals surface area contributed by atoms with Crippen LogP contribution in [0.2, 0.25) is 0 Å². The summed E-state index contributed by atoms with van der Waals surface area (Å²) >= 11 is 0. The molecule has 274 valence electrons. The number of hydrogen-bond donors (Lipinski definition) is 2. The first kappa shape index (κ1) is 44.9. The van der Waals surface area contributed by atoms with Crippen LogP contribution in [0.1, 0.15) is 252 Å². The Morgan fingerprint density at radius 3 is 0.804 bits per heavy atom. The molecule has 2 amide bonds. The predicted octanol–water partition coefficient (Wildman–Crippen LogP) is 13.6. The van der Waals surface area contributed by atoms with Crippen LogP contribution in [0.25, 0.3) is 0 Å². The molecule has 0 radical (unpaired) electrons. The third-order valence-electron chi connectivity index (χ3n) is 9.78. The summed E-state index contributed by atoms with van der Waals surface area (Å²) in [6.45, 7) is 6.76. The summed E-state index contributed by atoms with van der Waals surface area (Å²) in [6.07, 6.45) is 45.1. The molecule has 0 saturated carbocycles. The summed E-state index contributed by atoms with van der Waals surface area (Å²) in [7, 11) is 0. The summed E-state index contributed by atoms with van der Waals surface area (Å²) in [5, 5.41) is 6.28. The van der Waals surface area contributed by atoms with Crippen molar-refractivity contribution in [2.45, 2.75) is 258 Å². The van der Waals surface area contributed by atoms with Crippen molar-refractivity contribution in [3.05, 3.63) is 0 Å². The molecule has 0 aliphatic rings. The Balaban J connectivity index is 3.78. The maximum absolute atomic E-state index is 12.6. The minimum Gasteiger partial charge on any atom is -0.336 e. The summed E-state index contributed by atoms with van der Waals surface area (Å²) in [6, 6.07) is 0. The lowest BCUT2D eigenvalue weighted by Crippen LogP contribution is -2.47. The summed E-state index contributed by atoms with van der Waals surface area (Å²) in [4.78, 5) is 25.3. The third kappa shape index (κ3) is 35.8. The SMILES string of the molecule is CCCCCCCCCCCCCCCCCC(=O)NC(CCCCC)NC(=O)CCCCCCCCCCCCCCCCC. The van der Waals surface area contributed by atoms with Gasteiger partial charge in [-0.2, -0.15) is 0 Å². The fourth-order valence-corrected chi connectivity index (χ4v) is 6.63. The normalized spacial score (nSPS) is 11.4. The van der Waals surface area contributed by atoms with E-state index in [-0.39, 0.29) is 18.0 Å². The molecule has 0 aliphatic heterocycles. The van der Waals surface area contributed by atoms with Crippen molar-refractivity contribution in [3.8, 4) is 0 Å². The summed E-state index contributed by atoms with van der Waals surface area (Å²) < 4.78 is 0. The first-order valence-electron chi connectivity index (χ1n) is 21.2. The largest absolute Gasteiger partial charge is 0.336 e. The number of carbonyl (C=O) groups excluding carboxylic acids is 2. The van der Waals surface area contributed by atoms with Gasteiger partial charge < -0.3 is 10.6 Å². The lowest BCUT2D eigenvalue weighted by atomic mass is 10.0. The fourth-order valence-electron chi connectivity index (χ4n) is 6.63. The Hall–Kier alpha value is -1.06. The van der Waals surface area contributed by atoms with E-state index in [2.05, 4.69) is 31.4 Å². The Morgan fingerprint density at radius 1 is 0.326 bits per heavy atom. The molecule has 0 atom stereocenters. The number of hydrogen-bond acceptors (Lipinski definition) is 2. The molecular formula is C42H84N2O2. The Morgan fingerprint density at radius 2 is 0.543 bits per heavy atom. The van der Waals surface area contributed by atoms with E-state index in [0.717, 1.165) is 51.4 Å². The smallest absolute Gasteiger partial charge is 0.221 e. The highest BCUT2D eigenvalue weighted by atomic mass is 16.2. The minimum atomic E-state index is -0.209. The second-order valence-corrected chi connectivity index (χ2v) is 14.6. The summed E-state index contributed by atoms with van der Waals surface area (Å²) in [5.41, 5.74) is 0. The van der Waals surface area contributed by atoms with Gasteiger partial charge in [-0.05, 0) is 25.7 Å². The topological polar surface area (TPSA) is 58.2 Å². The van der Waals surface area contributed by atoms with Crippen molar-refractivity contribution in [3.63, 3.8) is 0 Å². The highest BCUT2D eigenvalue weighted by molar-refractivity contribution is 5.79. The van der Waals surface area contributed by atoms with Gasteiger partial charge in [0, 0.05) is 12.8 Å². The number of unbranched alkanes of at least 4 members (excludes halogenated alkanes) is 30. The highest BCUT2D eigenvalue weighted by Gasteiger charge is 2.14. The van der Waals surface area contributed by atoms with Crippen LogP contribution >= 0.6 is 0 Å². The van der Waals surface area contributed by atoms with E-state index in [4.69, 9.17) is 0 Å². The first-order chi connectivity index (χ1) is 22.6. The number of rotatable bonds is 38. The molecule has 2 N–H and O–H groups in total. The van der Waals surface area contributed by atoms with Crippen LogP contribution in [0.3, 0.4) is 0 Å². The van der Waals surface area contributed by atoms with Gasteiger partial charge in [0.1, 0.15) is 6.17 Å². The molecular weight excluding hydrogens is 564 g/mol. The zero-order valence-electron chi connectivity index (χ0n) is 31.8. The van der Waals surface area contributed by atoms with E-state index in [0.29, 0.717) is 12.8 Å². The van der Waals surface area contributed by atoms with E-state index < -0.39 is 0 Å². The molecule has 0 fully saturated rings. The molecule has 0 aromatic rings. The Kier molecular flexibility index (Phi) is 37.5. The molecule has 0 aliphatic carbocycles. The third-order valence-corrected chi connectivity index (χ3v) is 9.78. The van der Waals surface area contributed by atoms with Crippen LogP contribution in [-0.2, 0) is 9.59 Å². The Labute approximate surface area is 289 Å². The van der Waals surface area contributed by atoms with Crippen LogP contribution in [0.4, 0.5) is 0 Å². The van der Waals surface area contributed by atoms with Crippen molar-refractivity contribution >= 4 is 11.8 Å². The minimum absolute atomic E-state index is 0.100. The molecule has 4 nitrogen and oxygen atoms in total. The van der Waals surface area contributed by atoms with Crippen LogP contribution < -0.4 is 10.6 Å². The molecule has 0 saturated heterocycles. The maximum atomic E-state index is 12.6. The second-order valence-electron chi connectivity index (χ2n) is 14.6. The predicted molar refractivity (Wildman–Crippen MR) is 203 cm³/mol. The van der Waals surface area contributed by atoms with E-state index in [1.54, 1.807) is 0 Å². The van der Waals surface area contributed by atoms with Gasteiger partial charge in [0.15, 0.2) is 0 Å². The van der Waals surface area contributed by atoms with Gasteiger partial charge in [-0.3, -0.25) is 9.59 Å². The lowest BCUT2D eigenvalue weighted by Gasteiger charge is -2.20. The average Bonchev–Trinajstić information content (AvgIpc) is 3.04. The van der Waals surface area contributed by atoms with Gasteiger partial charge in [0.25, 0.3) is 0 Å². The van der Waals surface area contributed by atoms with Gasteiger partial charge in [0.2, 0.25) is 11.8 Å². The molecule has 46 heavy (non-hydrogen) atoms. The molecule has 0 heterocycles. The fraction of sp³-hybridized carbons (Fsp3) is 0.952. The first-order valence-corrected chi connectivity index (χ1v) is 21.2. The number of nitrogens with one attached hydrogen (secondary N) is 2.